The molecule has 0 bridgehead atoms. The maximum absolute atomic E-state index is 13.8. The molecule has 0 radical (unpaired) electrons. The van der Waals surface area contributed by atoms with Crippen molar-refractivity contribution in [1.29, 1.82) is 0 Å². The summed E-state index contributed by atoms with van der Waals surface area (Å²) in [7, 11) is 3.61. The van der Waals surface area contributed by atoms with Crippen molar-refractivity contribution < 1.29 is 14.3 Å². The predicted octanol–water partition coefficient (Wildman–Crippen LogP) is 5.72. The molecular formula is C27H26N2O3. The molecule has 0 N–H and O–H groups in total. The molecule has 0 unspecified atom stereocenters. The first-order chi connectivity index (χ1) is 15.5. The molecule has 5 rings (SSSR count). The summed E-state index contributed by atoms with van der Waals surface area (Å²) in [5.74, 6) is 1.58. The molecule has 32 heavy (non-hydrogen) atoms. The first-order valence-electron chi connectivity index (χ1n) is 10.8. The Bertz CT molecular complexity index is 1290. The lowest BCUT2D eigenvalue weighted by Gasteiger charge is -2.27. The number of aryl methyl sites for hydroxylation is 1. The third-order valence-electron chi connectivity index (χ3n) is 6.02. The van der Waals surface area contributed by atoms with Gasteiger partial charge in [0.2, 0.25) is 0 Å². The molecule has 0 spiro atoms. The number of benzene rings is 3. The molecule has 0 saturated carbocycles. The number of hydrogen-bond donors (Lipinski definition) is 0. The van der Waals surface area contributed by atoms with Crippen LogP contribution in [0.2, 0.25) is 0 Å². The molecule has 2 heterocycles. The first-order valence-corrected chi connectivity index (χ1v) is 10.8. The second-order valence-corrected chi connectivity index (χ2v) is 8.35. The Balaban J connectivity index is 1.69. The second-order valence-electron chi connectivity index (χ2n) is 8.35. The summed E-state index contributed by atoms with van der Waals surface area (Å²) >= 11 is 0. The number of fused-ring (bicyclic) bond motifs is 3. The number of hydrogen-bond acceptors (Lipinski definition) is 3. The molecule has 1 aromatic heterocycles. The number of aromatic nitrogens is 1. The van der Waals surface area contributed by atoms with Gasteiger partial charge in [0.25, 0.3) is 5.91 Å². The molecule has 0 saturated heterocycles. The van der Waals surface area contributed by atoms with E-state index in [0.29, 0.717) is 0 Å². The van der Waals surface area contributed by atoms with Gasteiger partial charge in [-0.05, 0) is 61.9 Å². The zero-order valence-electron chi connectivity index (χ0n) is 18.7. The molecule has 0 fully saturated rings. The van der Waals surface area contributed by atoms with E-state index in [-0.39, 0.29) is 18.1 Å². The number of amides is 1. The van der Waals surface area contributed by atoms with Crippen LogP contribution in [-0.2, 0) is 7.05 Å². The molecule has 1 aliphatic heterocycles. The van der Waals surface area contributed by atoms with Crippen LogP contribution >= 0.6 is 0 Å². The zero-order valence-corrected chi connectivity index (χ0v) is 18.7. The lowest BCUT2D eigenvalue weighted by Crippen LogP contribution is -2.29. The van der Waals surface area contributed by atoms with Gasteiger partial charge in [0.15, 0.2) is 0 Å². The van der Waals surface area contributed by atoms with E-state index in [1.807, 2.05) is 78.9 Å². The Hall–Kier alpha value is -3.73. The highest BCUT2D eigenvalue weighted by Gasteiger charge is 2.42. The minimum atomic E-state index is -0.231. The van der Waals surface area contributed by atoms with E-state index < -0.39 is 0 Å². The van der Waals surface area contributed by atoms with Crippen molar-refractivity contribution in [3.05, 3.63) is 89.6 Å². The van der Waals surface area contributed by atoms with Crippen LogP contribution < -0.4 is 14.4 Å². The van der Waals surface area contributed by atoms with Crippen molar-refractivity contribution in [2.45, 2.75) is 26.0 Å². The number of rotatable bonds is 5. The van der Waals surface area contributed by atoms with Crippen molar-refractivity contribution >= 4 is 22.5 Å². The lowest BCUT2D eigenvalue weighted by atomic mass is 9.97. The van der Waals surface area contributed by atoms with E-state index in [0.717, 1.165) is 44.9 Å². The highest BCUT2D eigenvalue weighted by atomic mass is 16.5. The topological polar surface area (TPSA) is 43.7 Å². The molecule has 4 aromatic rings. The fraction of sp³-hybridized carbons (Fsp3) is 0.222. The van der Waals surface area contributed by atoms with Gasteiger partial charge in [-0.15, -0.1) is 0 Å². The molecule has 0 aliphatic carbocycles. The van der Waals surface area contributed by atoms with Gasteiger partial charge in [-0.25, -0.2) is 0 Å². The molecule has 1 amide bonds. The van der Waals surface area contributed by atoms with Gasteiger partial charge in [-0.1, -0.05) is 30.3 Å². The number of methoxy groups -OCH3 is 1. The van der Waals surface area contributed by atoms with Crippen molar-refractivity contribution in [2.24, 2.45) is 7.05 Å². The smallest absolute Gasteiger partial charge is 0.276 e. The number of nitrogens with zero attached hydrogens (tertiary/aromatic N) is 2. The normalized spacial score (nSPS) is 15.5. The molecule has 1 atom stereocenters. The monoisotopic (exact) mass is 426 g/mol. The SMILES string of the molecule is COc1ccc(N2C(=O)c3c(c4ccccc4n3C)[C@@H]2c2ccc(OC(C)C)cc2)cc1. The van der Waals surface area contributed by atoms with Crippen LogP contribution in [0.1, 0.15) is 41.5 Å². The molecule has 5 heteroatoms. The van der Waals surface area contributed by atoms with Crippen molar-refractivity contribution in [3.8, 4) is 11.5 Å². The quantitative estimate of drug-likeness (QED) is 0.410. The molecule has 5 nitrogen and oxygen atoms in total. The number of ether oxygens (including phenoxy) is 2. The Morgan fingerprint density at radius 3 is 2.19 bits per heavy atom. The maximum atomic E-state index is 13.8. The van der Waals surface area contributed by atoms with Gasteiger partial charge in [0.05, 0.1) is 19.3 Å². The van der Waals surface area contributed by atoms with Crippen LogP contribution in [0.4, 0.5) is 5.69 Å². The van der Waals surface area contributed by atoms with Gasteiger partial charge < -0.3 is 14.0 Å². The van der Waals surface area contributed by atoms with Crippen LogP contribution in [0.25, 0.3) is 10.9 Å². The van der Waals surface area contributed by atoms with Crippen molar-refractivity contribution in [3.63, 3.8) is 0 Å². The molecule has 3 aromatic carbocycles. The minimum Gasteiger partial charge on any atom is -0.497 e. The average Bonchev–Trinajstić information content (AvgIpc) is 3.27. The molecule has 1 aliphatic rings. The number of anilines is 1. The predicted molar refractivity (Wildman–Crippen MR) is 127 cm³/mol. The van der Waals surface area contributed by atoms with Gasteiger partial charge in [0.1, 0.15) is 17.2 Å². The van der Waals surface area contributed by atoms with Gasteiger partial charge in [-0.2, -0.15) is 0 Å². The summed E-state index contributed by atoms with van der Waals surface area (Å²) in [6, 6.07) is 23.7. The summed E-state index contributed by atoms with van der Waals surface area (Å²) in [4.78, 5) is 15.7. The fourth-order valence-corrected chi connectivity index (χ4v) is 4.64. The van der Waals surface area contributed by atoms with Crippen LogP contribution in [0.3, 0.4) is 0 Å². The fourth-order valence-electron chi connectivity index (χ4n) is 4.64. The Labute approximate surface area is 187 Å². The van der Waals surface area contributed by atoms with Crippen LogP contribution in [0, 0.1) is 0 Å². The van der Waals surface area contributed by atoms with Crippen molar-refractivity contribution in [1.82, 2.24) is 4.57 Å². The Kier molecular flexibility index (Phi) is 4.89. The van der Waals surface area contributed by atoms with Gasteiger partial charge in [0, 0.05) is 29.2 Å². The average molecular weight is 427 g/mol. The maximum Gasteiger partial charge on any atom is 0.276 e. The van der Waals surface area contributed by atoms with E-state index in [9.17, 15) is 4.79 Å². The third-order valence-corrected chi connectivity index (χ3v) is 6.02. The largest absolute Gasteiger partial charge is 0.497 e. The highest BCUT2D eigenvalue weighted by Crippen LogP contribution is 2.46. The summed E-state index contributed by atoms with van der Waals surface area (Å²) in [6.45, 7) is 4.02. The van der Waals surface area contributed by atoms with E-state index in [4.69, 9.17) is 9.47 Å². The number of carbonyl (C=O) groups excluding carboxylic acids is 1. The zero-order chi connectivity index (χ0) is 22.4. The summed E-state index contributed by atoms with van der Waals surface area (Å²) in [6.07, 6.45) is 0.106. The third kappa shape index (κ3) is 3.12. The molecule has 162 valence electrons. The summed E-state index contributed by atoms with van der Waals surface area (Å²) < 4.78 is 13.2. The molecular weight excluding hydrogens is 400 g/mol. The standard InChI is InChI=1S/C27H26N2O3/c1-17(2)32-21-13-9-18(10-14-21)25-24-22-7-5-6-8-23(22)28(3)26(24)27(30)29(25)19-11-15-20(31-4)16-12-19/h5-17,25H,1-4H3/t25-/m0/s1. The summed E-state index contributed by atoms with van der Waals surface area (Å²) in [5.41, 5.74) is 4.71. The minimum absolute atomic E-state index is 0.00336. The lowest BCUT2D eigenvalue weighted by molar-refractivity contribution is 0.0986. The second kappa shape index (κ2) is 7.75. The van der Waals surface area contributed by atoms with Gasteiger partial charge in [-0.3, -0.25) is 9.69 Å². The van der Waals surface area contributed by atoms with Crippen LogP contribution in [0.5, 0.6) is 11.5 Å². The Morgan fingerprint density at radius 2 is 1.53 bits per heavy atom. The van der Waals surface area contributed by atoms with Crippen molar-refractivity contribution in [2.75, 3.05) is 12.0 Å². The van der Waals surface area contributed by atoms with E-state index >= 15 is 0 Å². The number of para-hydroxylation sites is 1. The van der Waals surface area contributed by atoms with Gasteiger partial charge >= 0.3 is 0 Å². The summed E-state index contributed by atoms with van der Waals surface area (Å²) in [5, 5.41) is 1.10. The van der Waals surface area contributed by atoms with E-state index in [1.165, 1.54) is 0 Å². The number of carbonyl (C=O) groups is 1. The highest BCUT2D eigenvalue weighted by molar-refractivity contribution is 6.15. The first kappa shape index (κ1) is 20.2. The Morgan fingerprint density at radius 1 is 0.875 bits per heavy atom. The van der Waals surface area contributed by atoms with Crippen LogP contribution in [0.15, 0.2) is 72.8 Å². The van der Waals surface area contributed by atoms with E-state index in [1.54, 1.807) is 7.11 Å². The van der Waals surface area contributed by atoms with E-state index in [2.05, 4.69) is 24.3 Å². The van der Waals surface area contributed by atoms with Crippen LogP contribution in [-0.4, -0.2) is 23.7 Å².